The number of nitrogens with one attached hydrogen (secondary N) is 1. The molecular formula is C19H19N3O2. The molecule has 122 valence electrons. The minimum absolute atomic E-state index is 0.00891. The molecule has 24 heavy (non-hydrogen) atoms. The van der Waals surface area contributed by atoms with E-state index in [0.717, 1.165) is 17.0 Å². The van der Waals surface area contributed by atoms with Crippen LogP contribution < -0.4 is 5.56 Å². The van der Waals surface area contributed by atoms with Crippen LogP contribution in [0.1, 0.15) is 45.8 Å². The maximum absolute atomic E-state index is 12.7. The third-order valence-electron chi connectivity index (χ3n) is 4.29. The molecule has 0 amide bonds. The van der Waals surface area contributed by atoms with Crippen molar-refractivity contribution in [3.05, 3.63) is 87.1 Å². The summed E-state index contributed by atoms with van der Waals surface area (Å²) < 4.78 is 1.89. The fraction of sp³-hybridized carbons (Fsp3) is 0.211. The highest BCUT2D eigenvalue weighted by atomic mass is 16.1. The standard InChI is InChI=1S/C19H19N3O2/c1-12-4-6-14(7-5-12)19(24)17-10-9-16(22(17)3)13(2)15-8-11-18(23)21-20-15/h4-11,13H,1-3H3,(H,21,23). The fourth-order valence-electron chi connectivity index (χ4n) is 2.79. The van der Waals surface area contributed by atoms with Crippen LogP contribution in [0.4, 0.5) is 0 Å². The number of benzene rings is 1. The lowest BCUT2D eigenvalue weighted by Crippen LogP contribution is -2.13. The normalized spacial score (nSPS) is 12.1. The molecule has 5 heteroatoms. The maximum atomic E-state index is 12.7. The second kappa shape index (κ2) is 6.28. The number of aromatic amines is 1. The minimum Gasteiger partial charge on any atom is -0.344 e. The highest BCUT2D eigenvalue weighted by molar-refractivity contribution is 6.08. The first kappa shape index (κ1) is 15.9. The Morgan fingerprint density at radius 1 is 1.08 bits per heavy atom. The van der Waals surface area contributed by atoms with Crippen LogP contribution in [0.5, 0.6) is 0 Å². The zero-order chi connectivity index (χ0) is 17.3. The van der Waals surface area contributed by atoms with E-state index in [1.165, 1.54) is 6.07 Å². The number of carbonyl (C=O) groups excluding carboxylic acids is 1. The molecule has 1 unspecified atom stereocenters. The summed E-state index contributed by atoms with van der Waals surface area (Å²) in [5.74, 6) is -0.0446. The van der Waals surface area contributed by atoms with E-state index in [0.29, 0.717) is 11.3 Å². The smallest absolute Gasteiger partial charge is 0.264 e. The third-order valence-corrected chi connectivity index (χ3v) is 4.29. The van der Waals surface area contributed by atoms with Crippen molar-refractivity contribution in [2.45, 2.75) is 19.8 Å². The summed E-state index contributed by atoms with van der Waals surface area (Å²) in [5, 5.41) is 6.53. The van der Waals surface area contributed by atoms with E-state index in [1.807, 2.05) is 61.9 Å². The molecule has 0 saturated carbocycles. The van der Waals surface area contributed by atoms with Crippen molar-refractivity contribution in [1.82, 2.24) is 14.8 Å². The van der Waals surface area contributed by atoms with Crippen LogP contribution in [0.15, 0.2) is 53.3 Å². The Morgan fingerprint density at radius 2 is 1.79 bits per heavy atom. The number of carbonyl (C=O) groups is 1. The highest BCUT2D eigenvalue weighted by Gasteiger charge is 2.19. The summed E-state index contributed by atoms with van der Waals surface area (Å²) in [6.07, 6.45) is 0. The van der Waals surface area contributed by atoms with E-state index in [-0.39, 0.29) is 17.3 Å². The molecule has 0 radical (unpaired) electrons. The van der Waals surface area contributed by atoms with Gasteiger partial charge in [0, 0.05) is 30.3 Å². The van der Waals surface area contributed by atoms with Crippen molar-refractivity contribution in [3.63, 3.8) is 0 Å². The largest absolute Gasteiger partial charge is 0.344 e. The van der Waals surface area contributed by atoms with Gasteiger partial charge in [0.2, 0.25) is 5.78 Å². The highest BCUT2D eigenvalue weighted by Crippen LogP contribution is 2.24. The number of H-pyrrole nitrogens is 1. The van der Waals surface area contributed by atoms with Gasteiger partial charge in [0.05, 0.1) is 11.4 Å². The zero-order valence-electron chi connectivity index (χ0n) is 13.9. The van der Waals surface area contributed by atoms with Crippen LogP contribution in [0.2, 0.25) is 0 Å². The van der Waals surface area contributed by atoms with Crippen molar-refractivity contribution < 1.29 is 4.79 Å². The summed E-state index contributed by atoms with van der Waals surface area (Å²) in [6, 6.07) is 14.5. The average Bonchev–Trinajstić information content (AvgIpc) is 2.96. The number of hydrogen-bond acceptors (Lipinski definition) is 3. The number of nitrogens with zero attached hydrogens (tertiary/aromatic N) is 2. The summed E-state index contributed by atoms with van der Waals surface area (Å²) in [4.78, 5) is 23.9. The van der Waals surface area contributed by atoms with Gasteiger partial charge in [-0.1, -0.05) is 36.8 Å². The Labute approximate surface area is 140 Å². The molecule has 5 nitrogen and oxygen atoms in total. The van der Waals surface area contributed by atoms with Crippen molar-refractivity contribution in [2.75, 3.05) is 0 Å². The van der Waals surface area contributed by atoms with Gasteiger partial charge < -0.3 is 4.57 Å². The van der Waals surface area contributed by atoms with Gasteiger partial charge in [0.15, 0.2) is 0 Å². The van der Waals surface area contributed by atoms with Gasteiger partial charge in [0.25, 0.3) is 5.56 Å². The number of ketones is 1. The lowest BCUT2D eigenvalue weighted by Gasteiger charge is -2.13. The van der Waals surface area contributed by atoms with E-state index in [4.69, 9.17) is 0 Å². The van der Waals surface area contributed by atoms with Gasteiger partial charge in [-0.3, -0.25) is 9.59 Å². The van der Waals surface area contributed by atoms with E-state index in [2.05, 4.69) is 10.2 Å². The van der Waals surface area contributed by atoms with Crippen molar-refractivity contribution >= 4 is 5.78 Å². The Morgan fingerprint density at radius 3 is 2.42 bits per heavy atom. The summed E-state index contributed by atoms with van der Waals surface area (Å²) >= 11 is 0. The molecule has 0 aliphatic heterocycles. The fourth-order valence-corrected chi connectivity index (χ4v) is 2.79. The van der Waals surface area contributed by atoms with Crippen molar-refractivity contribution in [3.8, 4) is 0 Å². The first-order chi connectivity index (χ1) is 11.5. The molecule has 0 aliphatic rings. The van der Waals surface area contributed by atoms with Crippen LogP contribution in [0.3, 0.4) is 0 Å². The summed E-state index contributed by atoms with van der Waals surface area (Å²) in [5.41, 5.74) is 3.91. The van der Waals surface area contributed by atoms with E-state index < -0.39 is 0 Å². The van der Waals surface area contributed by atoms with Crippen LogP contribution in [0, 0.1) is 6.92 Å². The predicted octanol–water partition coefficient (Wildman–Crippen LogP) is 2.80. The van der Waals surface area contributed by atoms with E-state index in [1.54, 1.807) is 6.07 Å². The molecule has 3 aromatic rings. The molecule has 1 aromatic carbocycles. The SMILES string of the molecule is Cc1ccc(C(=O)c2ccc(C(C)c3ccc(=O)[nH]n3)n2C)cc1. The second-order valence-corrected chi connectivity index (χ2v) is 5.97. The molecule has 3 rings (SSSR count). The Bertz CT molecular complexity index is 915. The maximum Gasteiger partial charge on any atom is 0.264 e. The topological polar surface area (TPSA) is 67.8 Å². The minimum atomic E-state index is -0.229. The Kier molecular flexibility index (Phi) is 4.16. The number of rotatable bonds is 4. The number of aromatic nitrogens is 3. The Hall–Kier alpha value is -2.95. The molecule has 2 aromatic heterocycles. The molecule has 2 heterocycles. The number of hydrogen-bond donors (Lipinski definition) is 1. The lowest BCUT2D eigenvalue weighted by atomic mass is 10.0. The second-order valence-electron chi connectivity index (χ2n) is 5.97. The first-order valence-electron chi connectivity index (χ1n) is 7.80. The first-order valence-corrected chi connectivity index (χ1v) is 7.80. The molecule has 0 bridgehead atoms. The zero-order valence-corrected chi connectivity index (χ0v) is 13.9. The van der Waals surface area contributed by atoms with E-state index >= 15 is 0 Å². The predicted molar refractivity (Wildman–Crippen MR) is 92.4 cm³/mol. The Balaban J connectivity index is 1.93. The molecule has 0 saturated heterocycles. The van der Waals surface area contributed by atoms with E-state index in [9.17, 15) is 9.59 Å². The number of aryl methyl sites for hydroxylation is 1. The van der Waals surface area contributed by atoms with Gasteiger partial charge in [-0.15, -0.1) is 0 Å². The lowest BCUT2D eigenvalue weighted by molar-refractivity contribution is 0.103. The average molecular weight is 321 g/mol. The van der Waals surface area contributed by atoms with Crippen molar-refractivity contribution in [2.24, 2.45) is 7.05 Å². The van der Waals surface area contributed by atoms with Crippen LogP contribution in [0.25, 0.3) is 0 Å². The van der Waals surface area contributed by atoms with Crippen LogP contribution in [-0.2, 0) is 7.05 Å². The van der Waals surface area contributed by atoms with Gasteiger partial charge >= 0.3 is 0 Å². The molecule has 0 fully saturated rings. The monoisotopic (exact) mass is 321 g/mol. The quantitative estimate of drug-likeness (QED) is 0.751. The summed E-state index contributed by atoms with van der Waals surface area (Å²) in [6.45, 7) is 3.99. The van der Waals surface area contributed by atoms with Gasteiger partial charge in [-0.2, -0.15) is 5.10 Å². The molecule has 1 atom stereocenters. The molecule has 1 N–H and O–H groups in total. The molecule has 0 aliphatic carbocycles. The molecule has 0 spiro atoms. The van der Waals surface area contributed by atoms with Gasteiger partial charge in [-0.05, 0) is 25.1 Å². The summed E-state index contributed by atoms with van der Waals surface area (Å²) in [7, 11) is 1.87. The molecular weight excluding hydrogens is 302 g/mol. The van der Waals surface area contributed by atoms with Crippen molar-refractivity contribution in [1.29, 1.82) is 0 Å². The van der Waals surface area contributed by atoms with Crippen LogP contribution >= 0.6 is 0 Å². The van der Waals surface area contributed by atoms with Gasteiger partial charge in [-0.25, -0.2) is 5.10 Å². The van der Waals surface area contributed by atoms with Crippen LogP contribution in [-0.4, -0.2) is 20.5 Å². The third kappa shape index (κ3) is 2.93. The van der Waals surface area contributed by atoms with Gasteiger partial charge in [0.1, 0.15) is 0 Å².